The van der Waals surface area contributed by atoms with Crippen molar-refractivity contribution in [2.45, 2.75) is 26.8 Å². The van der Waals surface area contributed by atoms with Crippen LogP contribution in [-0.4, -0.2) is 54.7 Å². The summed E-state index contributed by atoms with van der Waals surface area (Å²) in [7, 11) is 1.25. The number of Topliss-reactive ketones (excluding diaryl/α,β-unsaturated/α-hetero) is 1. The number of hydrogen-bond donors (Lipinski definition) is 1. The van der Waals surface area contributed by atoms with Crippen molar-refractivity contribution in [1.29, 1.82) is 0 Å². The fraction of sp³-hybridized carbons (Fsp3) is 0.267. The van der Waals surface area contributed by atoms with Crippen LogP contribution in [0.25, 0.3) is 5.76 Å². The molecule has 3 aromatic rings. The summed E-state index contributed by atoms with van der Waals surface area (Å²) >= 11 is 0.919. The third-order valence-corrected chi connectivity index (χ3v) is 7.32. The van der Waals surface area contributed by atoms with Crippen LogP contribution in [0.4, 0.5) is 5.13 Å². The zero-order valence-electron chi connectivity index (χ0n) is 23.1. The highest BCUT2D eigenvalue weighted by molar-refractivity contribution is 7.17. The van der Waals surface area contributed by atoms with Gasteiger partial charge in [0.25, 0.3) is 5.78 Å². The maximum Gasteiger partial charge on any atom is 0.350 e. The van der Waals surface area contributed by atoms with Crippen molar-refractivity contribution in [2.75, 3.05) is 31.8 Å². The fourth-order valence-electron chi connectivity index (χ4n) is 4.37. The van der Waals surface area contributed by atoms with Crippen LogP contribution in [0.1, 0.15) is 46.4 Å². The van der Waals surface area contributed by atoms with Crippen LogP contribution in [0.15, 0.2) is 60.7 Å². The Morgan fingerprint density at radius 3 is 2.41 bits per heavy atom. The minimum absolute atomic E-state index is 0.102. The Hall–Kier alpha value is -4.64. The van der Waals surface area contributed by atoms with Crippen LogP contribution in [0, 0.1) is 6.92 Å². The average Bonchev–Trinajstić information content (AvgIpc) is 3.48. The summed E-state index contributed by atoms with van der Waals surface area (Å²) in [5, 5.41) is 11.5. The maximum absolute atomic E-state index is 13.5. The van der Waals surface area contributed by atoms with Crippen LogP contribution in [0.3, 0.4) is 0 Å². The highest BCUT2D eigenvalue weighted by Gasteiger charge is 2.48. The molecule has 2 heterocycles. The second kappa shape index (κ2) is 12.7. The molecule has 0 aliphatic carbocycles. The molecule has 214 valence electrons. The lowest BCUT2D eigenvalue weighted by Crippen LogP contribution is -2.29. The number of ether oxygens (including phenoxy) is 4. The van der Waals surface area contributed by atoms with Crippen molar-refractivity contribution in [2.24, 2.45) is 0 Å². The largest absolute Gasteiger partial charge is 0.507 e. The van der Waals surface area contributed by atoms with Gasteiger partial charge in [-0.15, -0.1) is 0 Å². The van der Waals surface area contributed by atoms with E-state index in [2.05, 4.69) is 11.6 Å². The number of benzene rings is 2. The maximum atomic E-state index is 13.5. The number of amides is 1. The first-order chi connectivity index (χ1) is 19.7. The number of carbonyl (C=O) groups excluding carboxylic acids is 3. The topological polar surface area (TPSA) is 124 Å². The molecule has 11 heteroatoms. The molecule has 0 radical (unpaired) electrons. The van der Waals surface area contributed by atoms with E-state index in [9.17, 15) is 19.5 Å². The van der Waals surface area contributed by atoms with Crippen molar-refractivity contribution in [3.05, 3.63) is 82.4 Å². The summed E-state index contributed by atoms with van der Waals surface area (Å²) in [4.78, 5) is 45.2. The summed E-state index contributed by atoms with van der Waals surface area (Å²) in [6.07, 6.45) is 1.60. The number of thiazole rings is 1. The summed E-state index contributed by atoms with van der Waals surface area (Å²) in [5.74, 6) is -1.38. The number of esters is 1. The molecule has 4 rings (SSSR count). The summed E-state index contributed by atoms with van der Waals surface area (Å²) < 4.78 is 21.8. The van der Waals surface area contributed by atoms with E-state index < -0.39 is 23.7 Å². The molecule has 1 amide bonds. The molecule has 10 nitrogen and oxygen atoms in total. The van der Waals surface area contributed by atoms with Gasteiger partial charge in [-0.05, 0) is 62.7 Å². The number of aromatic nitrogens is 1. The number of aliphatic hydroxyl groups is 1. The average molecular weight is 579 g/mol. The lowest BCUT2D eigenvalue weighted by molar-refractivity contribution is -0.132. The molecule has 41 heavy (non-hydrogen) atoms. The molecule has 1 N–H and O–H groups in total. The monoisotopic (exact) mass is 578 g/mol. The van der Waals surface area contributed by atoms with Crippen LogP contribution in [0.5, 0.6) is 17.2 Å². The Morgan fingerprint density at radius 1 is 1.07 bits per heavy atom. The van der Waals surface area contributed by atoms with E-state index in [-0.39, 0.29) is 27.9 Å². The predicted molar refractivity (Wildman–Crippen MR) is 154 cm³/mol. The van der Waals surface area contributed by atoms with Gasteiger partial charge in [-0.3, -0.25) is 14.5 Å². The second-order valence-electron chi connectivity index (χ2n) is 8.77. The molecule has 0 bridgehead atoms. The van der Waals surface area contributed by atoms with E-state index >= 15 is 0 Å². The van der Waals surface area contributed by atoms with Gasteiger partial charge in [-0.25, -0.2) is 9.78 Å². The normalized spacial score (nSPS) is 16.0. The van der Waals surface area contributed by atoms with E-state index in [0.717, 1.165) is 11.3 Å². The van der Waals surface area contributed by atoms with Crippen LogP contribution < -0.4 is 19.1 Å². The zero-order valence-corrected chi connectivity index (χ0v) is 23.9. The predicted octanol–water partition coefficient (Wildman–Crippen LogP) is 5.23. The minimum Gasteiger partial charge on any atom is -0.507 e. The highest BCUT2D eigenvalue weighted by atomic mass is 32.1. The number of aryl methyl sites for hydroxylation is 1. The van der Waals surface area contributed by atoms with Gasteiger partial charge >= 0.3 is 11.9 Å². The fourth-order valence-corrected chi connectivity index (χ4v) is 5.39. The first kappa shape index (κ1) is 29.3. The Bertz CT molecular complexity index is 1510. The van der Waals surface area contributed by atoms with Crippen molar-refractivity contribution in [3.8, 4) is 17.2 Å². The molecule has 1 aliphatic rings. The Kier molecular flexibility index (Phi) is 9.08. The first-order valence-corrected chi connectivity index (χ1v) is 13.7. The van der Waals surface area contributed by atoms with Crippen LogP contribution in [0.2, 0.25) is 0 Å². The van der Waals surface area contributed by atoms with Gasteiger partial charge < -0.3 is 24.1 Å². The summed E-state index contributed by atoms with van der Waals surface area (Å²) in [6.45, 7) is 9.97. The third-order valence-electron chi connectivity index (χ3n) is 6.19. The lowest BCUT2D eigenvalue weighted by atomic mass is 9.95. The third kappa shape index (κ3) is 5.80. The molecule has 1 saturated heterocycles. The summed E-state index contributed by atoms with van der Waals surface area (Å²) in [6, 6.07) is 10.4. The number of hydrogen-bond acceptors (Lipinski definition) is 10. The molecule has 0 saturated carbocycles. The molecule has 2 aromatic carbocycles. The van der Waals surface area contributed by atoms with Gasteiger partial charge in [-0.1, -0.05) is 30.1 Å². The molecule has 1 aliphatic heterocycles. The zero-order chi connectivity index (χ0) is 29.7. The first-order valence-electron chi connectivity index (χ1n) is 12.9. The number of anilines is 1. The lowest BCUT2D eigenvalue weighted by Gasteiger charge is -2.24. The van der Waals surface area contributed by atoms with Crippen LogP contribution in [-0.2, 0) is 14.3 Å². The Labute approximate surface area is 241 Å². The molecule has 0 spiro atoms. The number of nitrogens with zero attached hydrogens (tertiary/aromatic N) is 2. The van der Waals surface area contributed by atoms with E-state index in [1.54, 1.807) is 55.5 Å². The smallest absolute Gasteiger partial charge is 0.350 e. The Balaban J connectivity index is 1.92. The van der Waals surface area contributed by atoms with Crippen molar-refractivity contribution in [1.82, 2.24) is 4.98 Å². The van der Waals surface area contributed by atoms with E-state index in [1.807, 2.05) is 13.8 Å². The number of methoxy groups -OCH3 is 1. The molecular weight excluding hydrogens is 548 g/mol. The quantitative estimate of drug-likeness (QED) is 0.107. The number of carbonyl (C=O) groups is 3. The van der Waals surface area contributed by atoms with E-state index in [1.165, 1.54) is 12.0 Å². The standard InChI is InChI=1S/C30H30N2O8S/c1-6-15-40-21-14-11-19(16-22(21)39-8-3)24-23(25(33)18-9-12-20(13-10-18)38-7-2)26(34)28(35)32(24)30-31-17(4)27(41-30)29(36)37-5/h6,9-14,16,24,33H,1,7-8,15H2,2-5H3. The molecule has 1 atom stereocenters. The highest BCUT2D eigenvalue weighted by Crippen LogP contribution is 2.45. The number of rotatable bonds is 11. The van der Waals surface area contributed by atoms with Gasteiger partial charge in [0.05, 0.1) is 37.6 Å². The van der Waals surface area contributed by atoms with Gasteiger partial charge in [-0.2, -0.15) is 0 Å². The van der Waals surface area contributed by atoms with E-state index in [0.29, 0.717) is 47.3 Å². The molecule has 1 aromatic heterocycles. The van der Waals surface area contributed by atoms with Crippen molar-refractivity contribution < 1.29 is 38.4 Å². The van der Waals surface area contributed by atoms with Gasteiger partial charge in [0, 0.05) is 5.56 Å². The van der Waals surface area contributed by atoms with Gasteiger partial charge in [0.1, 0.15) is 23.0 Å². The summed E-state index contributed by atoms with van der Waals surface area (Å²) in [5.41, 5.74) is 0.970. The van der Waals surface area contributed by atoms with Crippen molar-refractivity contribution >= 4 is 39.9 Å². The minimum atomic E-state index is -1.09. The molecule has 1 unspecified atom stereocenters. The van der Waals surface area contributed by atoms with Gasteiger partial charge in [0.15, 0.2) is 16.6 Å². The molecular formula is C30H30N2O8S. The number of aliphatic hydroxyl groups excluding tert-OH is 1. The molecule has 1 fully saturated rings. The van der Waals surface area contributed by atoms with Crippen LogP contribution >= 0.6 is 11.3 Å². The van der Waals surface area contributed by atoms with Crippen molar-refractivity contribution in [3.63, 3.8) is 0 Å². The van der Waals surface area contributed by atoms with Gasteiger partial charge in [0.2, 0.25) is 0 Å². The Morgan fingerprint density at radius 2 is 1.78 bits per heavy atom. The number of ketones is 1. The SMILES string of the molecule is C=CCOc1ccc(C2C(=C(O)c3ccc(OCC)cc3)C(=O)C(=O)N2c2nc(C)c(C(=O)OC)s2)cc1OCC. The second-order valence-corrected chi connectivity index (χ2v) is 9.75. The van der Waals surface area contributed by atoms with E-state index in [4.69, 9.17) is 18.9 Å².